The fraction of sp³-hybridized carbons (Fsp3) is 0.560. The van der Waals surface area contributed by atoms with Crippen molar-refractivity contribution in [1.82, 2.24) is 14.7 Å². The molecule has 0 bridgehead atoms. The summed E-state index contributed by atoms with van der Waals surface area (Å²) < 4.78 is 27.2. The minimum Gasteiger partial charge on any atom is -0.507 e. The van der Waals surface area contributed by atoms with Gasteiger partial charge in [0.2, 0.25) is 5.75 Å². The van der Waals surface area contributed by atoms with Crippen LogP contribution in [0.15, 0.2) is 27.6 Å². The molecule has 1 N–H and O–H groups in total. The van der Waals surface area contributed by atoms with Crippen molar-refractivity contribution in [2.45, 2.75) is 19.6 Å². The maximum absolute atomic E-state index is 12.4. The van der Waals surface area contributed by atoms with Crippen molar-refractivity contribution >= 4 is 0 Å². The molecule has 35 heavy (non-hydrogen) atoms. The molecule has 1 aromatic carbocycles. The van der Waals surface area contributed by atoms with E-state index in [1.165, 1.54) is 6.26 Å². The van der Waals surface area contributed by atoms with Crippen molar-refractivity contribution in [2.75, 3.05) is 73.8 Å². The predicted octanol–water partition coefficient (Wildman–Crippen LogP) is 1.52. The smallest absolute Gasteiger partial charge is 0.343 e. The number of aromatic hydroxyl groups is 1. The Bertz CT molecular complexity index is 1040. The molecular formula is C25H35N3O7. The van der Waals surface area contributed by atoms with Gasteiger partial charge in [0, 0.05) is 70.0 Å². The third-order valence-corrected chi connectivity index (χ3v) is 6.67. The summed E-state index contributed by atoms with van der Waals surface area (Å²) in [5.41, 5.74) is 1.50. The number of methoxy groups -OCH3 is 3. The maximum Gasteiger partial charge on any atom is 0.343 e. The topological polar surface area (TPSA) is 97.1 Å². The highest BCUT2D eigenvalue weighted by atomic mass is 16.5. The standard InChI is InChI=1S/C25H35N3O7/c1-31-21-5-4-18(23(32-2)24(21)33-3)14-26-6-8-27(9-7-26)16-20-22(29)19(17-35-25(20)30)15-28-10-12-34-13-11-28/h4-5,17,29H,6-16H2,1-3H3. The van der Waals surface area contributed by atoms with E-state index in [0.29, 0.717) is 61.2 Å². The van der Waals surface area contributed by atoms with Gasteiger partial charge in [0.05, 0.1) is 40.1 Å². The Kier molecular flexibility index (Phi) is 8.50. The number of nitrogens with zero attached hydrogens (tertiary/aromatic N) is 3. The zero-order valence-electron chi connectivity index (χ0n) is 20.7. The zero-order chi connectivity index (χ0) is 24.8. The van der Waals surface area contributed by atoms with Crippen LogP contribution in [0.3, 0.4) is 0 Å². The van der Waals surface area contributed by atoms with Crippen molar-refractivity contribution in [3.05, 3.63) is 45.5 Å². The lowest BCUT2D eigenvalue weighted by Gasteiger charge is -2.35. The van der Waals surface area contributed by atoms with Crippen molar-refractivity contribution < 1.29 is 28.5 Å². The molecule has 0 radical (unpaired) electrons. The molecule has 2 aliphatic heterocycles. The number of morpholine rings is 1. The van der Waals surface area contributed by atoms with Crippen molar-refractivity contribution in [3.8, 4) is 23.0 Å². The minimum absolute atomic E-state index is 0.0465. The summed E-state index contributed by atoms with van der Waals surface area (Å²) in [5.74, 6) is 1.94. The first-order chi connectivity index (χ1) is 17.0. The van der Waals surface area contributed by atoms with Crippen LogP contribution in [0.25, 0.3) is 0 Å². The fourth-order valence-corrected chi connectivity index (χ4v) is 4.65. The van der Waals surface area contributed by atoms with Crippen LogP contribution < -0.4 is 19.8 Å². The molecule has 1 aromatic heterocycles. The molecule has 10 heteroatoms. The van der Waals surface area contributed by atoms with Gasteiger partial charge in [-0.3, -0.25) is 14.7 Å². The number of hydrogen-bond acceptors (Lipinski definition) is 10. The van der Waals surface area contributed by atoms with Gasteiger partial charge in [0.15, 0.2) is 11.5 Å². The fourth-order valence-electron chi connectivity index (χ4n) is 4.65. The van der Waals surface area contributed by atoms with Gasteiger partial charge in [-0.1, -0.05) is 6.07 Å². The average molecular weight is 490 g/mol. The largest absolute Gasteiger partial charge is 0.507 e. The number of rotatable bonds is 9. The quantitative estimate of drug-likeness (QED) is 0.558. The molecule has 2 aliphatic rings. The SMILES string of the molecule is COc1ccc(CN2CCN(Cc3c(O)c(CN4CCOCC4)coc3=O)CC2)c(OC)c1OC. The van der Waals surface area contributed by atoms with E-state index in [2.05, 4.69) is 14.7 Å². The van der Waals surface area contributed by atoms with Gasteiger partial charge in [0.1, 0.15) is 12.0 Å². The van der Waals surface area contributed by atoms with Crippen LogP contribution in [-0.2, 0) is 24.4 Å². The first-order valence-corrected chi connectivity index (χ1v) is 11.9. The molecule has 0 amide bonds. The highest BCUT2D eigenvalue weighted by Crippen LogP contribution is 2.40. The van der Waals surface area contributed by atoms with E-state index in [1.54, 1.807) is 21.3 Å². The zero-order valence-corrected chi connectivity index (χ0v) is 20.7. The Labute approximate surface area is 205 Å². The number of ether oxygens (including phenoxy) is 4. The summed E-state index contributed by atoms with van der Waals surface area (Å²) in [4.78, 5) is 19.1. The van der Waals surface area contributed by atoms with Gasteiger partial charge >= 0.3 is 5.63 Å². The van der Waals surface area contributed by atoms with Gasteiger partial charge in [0.25, 0.3) is 0 Å². The number of benzene rings is 1. The second-order valence-corrected chi connectivity index (χ2v) is 8.81. The third-order valence-electron chi connectivity index (χ3n) is 6.67. The van der Waals surface area contributed by atoms with Crippen molar-refractivity contribution in [1.29, 1.82) is 0 Å². The van der Waals surface area contributed by atoms with E-state index in [9.17, 15) is 9.90 Å². The van der Waals surface area contributed by atoms with Gasteiger partial charge < -0.3 is 28.5 Å². The van der Waals surface area contributed by atoms with Crippen molar-refractivity contribution in [3.63, 3.8) is 0 Å². The minimum atomic E-state index is -0.481. The molecule has 0 unspecified atom stereocenters. The van der Waals surface area contributed by atoms with Crippen molar-refractivity contribution in [2.24, 2.45) is 0 Å². The lowest BCUT2D eigenvalue weighted by Crippen LogP contribution is -2.45. The highest BCUT2D eigenvalue weighted by Gasteiger charge is 2.24. The summed E-state index contributed by atoms with van der Waals surface area (Å²) in [6.07, 6.45) is 1.38. The first kappa shape index (κ1) is 25.3. The van der Waals surface area contributed by atoms with Crippen LogP contribution >= 0.6 is 0 Å². The third kappa shape index (κ3) is 5.90. The Morgan fingerprint density at radius 1 is 0.800 bits per heavy atom. The summed E-state index contributed by atoms with van der Waals surface area (Å²) in [5, 5.41) is 10.8. The monoisotopic (exact) mass is 489 g/mol. The number of piperazine rings is 1. The molecule has 2 saturated heterocycles. The molecule has 0 spiro atoms. The van der Waals surface area contributed by atoms with Gasteiger partial charge in [-0.05, 0) is 6.07 Å². The lowest BCUT2D eigenvalue weighted by molar-refractivity contribution is 0.0335. The van der Waals surface area contributed by atoms with E-state index in [0.717, 1.165) is 44.8 Å². The summed E-state index contributed by atoms with van der Waals surface area (Å²) in [7, 11) is 4.84. The Balaban J connectivity index is 1.38. The molecule has 192 valence electrons. The van der Waals surface area contributed by atoms with Crippen LogP contribution in [0.4, 0.5) is 0 Å². The summed E-state index contributed by atoms with van der Waals surface area (Å²) >= 11 is 0. The molecule has 10 nitrogen and oxygen atoms in total. The average Bonchev–Trinajstić information content (AvgIpc) is 2.89. The maximum atomic E-state index is 12.4. The summed E-state index contributed by atoms with van der Waals surface area (Å²) in [6.45, 7) is 7.69. The second-order valence-electron chi connectivity index (χ2n) is 8.81. The van der Waals surface area contributed by atoms with Crippen LogP contribution in [-0.4, -0.2) is 93.6 Å². The van der Waals surface area contributed by atoms with E-state index >= 15 is 0 Å². The molecule has 0 aliphatic carbocycles. The van der Waals surface area contributed by atoms with Crippen LogP contribution in [0.5, 0.6) is 23.0 Å². The normalized spacial score (nSPS) is 17.9. The number of hydrogen-bond donors (Lipinski definition) is 1. The Morgan fingerprint density at radius 3 is 2.03 bits per heavy atom. The van der Waals surface area contributed by atoms with Gasteiger partial charge in [-0.2, -0.15) is 0 Å². The van der Waals surface area contributed by atoms with E-state index in [-0.39, 0.29) is 5.75 Å². The van der Waals surface area contributed by atoms with Gasteiger partial charge in [-0.25, -0.2) is 4.79 Å². The molecule has 3 heterocycles. The van der Waals surface area contributed by atoms with Crippen LogP contribution in [0.2, 0.25) is 0 Å². The van der Waals surface area contributed by atoms with Crippen LogP contribution in [0.1, 0.15) is 16.7 Å². The Morgan fingerprint density at radius 2 is 1.40 bits per heavy atom. The molecule has 4 rings (SSSR count). The molecule has 0 atom stereocenters. The molecule has 2 aromatic rings. The van der Waals surface area contributed by atoms with Gasteiger partial charge in [-0.15, -0.1) is 0 Å². The predicted molar refractivity (Wildman–Crippen MR) is 129 cm³/mol. The highest BCUT2D eigenvalue weighted by molar-refractivity contribution is 5.55. The molecule has 0 saturated carbocycles. The first-order valence-electron chi connectivity index (χ1n) is 11.9. The molecular weight excluding hydrogens is 454 g/mol. The molecule has 2 fully saturated rings. The lowest BCUT2D eigenvalue weighted by atomic mass is 10.1. The van der Waals surface area contributed by atoms with E-state index in [4.69, 9.17) is 23.4 Å². The summed E-state index contributed by atoms with van der Waals surface area (Å²) in [6, 6.07) is 3.88. The van der Waals surface area contributed by atoms with E-state index < -0.39 is 5.63 Å². The Hall–Kier alpha value is -2.79. The van der Waals surface area contributed by atoms with E-state index in [1.807, 2.05) is 12.1 Å². The van der Waals surface area contributed by atoms with Crippen LogP contribution in [0, 0.1) is 0 Å². The second kappa shape index (κ2) is 11.8.